The molecule has 184 valence electrons. The van der Waals surface area contributed by atoms with Crippen molar-refractivity contribution < 1.29 is 0 Å². The summed E-state index contributed by atoms with van der Waals surface area (Å²) in [6.07, 6.45) is 0.721. The Balaban J connectivity index is 1.67. The number of anilines is 1. The molecule has 4 aromatic carbocycles. The van der Waals surface area contributed by atoms with E-state index in [2.05, 4.69) is 113 Å². The van der Waals surface area contributed by atoms with Gasteiger partial charge in [-0.15, -0.1) is 0 Å². The fourth-order valence-corrected chi connectivity index (χ4v) is 5.32. The van der Waals surface area contributed by atoms with Gasteiger partial charge in [0.25, 0.3) is 0 Å². The van der Waals surface area contributed by atoms with Gasteiger partial charge in [-0.2, -0.15) is 5.26 Å². The fourth-order valence-electron chi connectivity index (χ4n) is 5.32. The molecule has 4 nitrogen and oxygen atoms in total. The van der Waals surface area contributed by atoms with Crippen molar-refractivity contribution in [1.82, 2.24) is 9.38 Å². The van der Waals surface area contributed by atoms with Crippen molar-refractivity contribution in [1.29, 1.82) is 5.26 Å². The van der Waals surface area contributed by atoms with E-state index in [-0.39, 0.29) is 0 Å². The van der Waals surface area contributed by atoms with Crippen LogP contribution >= 0.6 is 0 Å². The van der Waals surface area contributed by atoms with E-state index in [4.69, 9.17) is 4.98 Å². The molecule has 0 unspecified atom stereocenters. The highest BCUT2D eigenvalue weighted by molar-refractivity contribution is 5.86. The molecule has 6 rings (SSSR count). The number of rotatable bonds is 7. The average Bonchev–Trinajstić information content (AvgIpc) is 3.34. The molecule has 0 radical (unpaired) electrons. The molecular weight excluding hydrogens is 464 g/mol. The minimum atomic E-state index is 0.634. The third kappa shape index (κ3) is 4.40. The maximum atomic E-state index is 10.3. The largest absolute Gasteiger partial charge is 0.349 e. The minimum Gasteiger partial charge on any atom is -0.349 e. The Hall–Kier alpha value is -4.88. The number of aromatic nitrogens is 2. The van der Waals surface area contributed by atoms with Gasteiger partial charge in [-0.3, -0.25) is 4.40 Å². The molecule has 0 atom stereocenters. The van der Waals surface area contributed by atoms with Crippen LogP contribution in [0.1, 0.15) is 33.4 Å². The van der Waals surface area contributed by atoms with E-state index in [0.717, 1.165) is 47.5 Å². The molecule has 0 spiro atoms. The Bertz CT molecular complexity index is 1710. The van der Waals surface area contributed by atoms with Crippen LogP contribution in [0, 0.1) is 18.3 Å². The molecule has 0 N–H and O–H groups in total. The van der Waals surface area contributed by atoms with Crippen molar-refractivity contribution in [3.63, 3.8) is 0 Å². The summed E-state index contributed by atoms with van der Waals surface area (Å²) in [5, 5.41) is 10.3. The normalized spacial score (nSPS) is 11.1. The van der Waals surface area contributed by atoms with Crippen LogP contribution in [0.4, 0.5) is 5.82 Å². The fraction of sp³-hybridized carbons (Fsp3) is 0.118. The van der Waals surface area contributed by atoms with Crippen LogP contribution in [-0.2, 0) is 19.5 Å². The molecule has 6 aromatic rings. The first-order valence-corrected chi connectivity index (χ1v) is 12.9. The second-order valence-electron chi connectivity index (χ2n) is 9.66. The number of fused-ring (bicyclic) bond motifs is 3. The highest BCUT2D eigenvalue weighted by Gasteiger charge is 2.25. The SMILES string of the molecule is Cc1c(Cc2ccccc2)c(N(Cc2ccccc2)Cc2ccccc2)n2c(nc3ccccc32)c1C#N. The number of nitriles is 1. The second-order valence-corrected chi connectivity index (χ2v) is 9.66. The van der Waals surface area contributed by atoms with E-state index in [1.807, 2.05) is 24.3 Å². The van der Waals surface area contributed by atoms with E-state index in [1.165, 1.54) is 16.7 Å². The number of pyridine rings is 1. The summed E-state index contributed by atoms with van der Waals surface area (Å²) in [6, 6.07) is 42.3. The number of hydrogen-bond donors (Lipinski definition) is 0. The quantitative estimate of drug-likeness (QED) is 0.232. The van der Waals surface area contributed by atoms with E-state index in [0.29, 0.717) is 11.2 Å². The molecule has 2 heterocycles. The number of hydrogen-bond acceptors (Lipinski definition) is 3. The maximum absolute atomic E-state index is 10.3. The number of para-hydroxylation sites is 2. The van der Waals surface area contributed by atoms with Crippen LogP contribution in [0.15, 0.2) is 115 Å². The van der Waals surface area contributed by atoms with Crippen LogP contribution in [0.3, 0.4) is 0 Å². The van der Waals surface area contributed by atoms with Gasteiger partial charge >= 0.3 is 0 Å². The lowest BCUT2D eigenvalue weighted by molar-refractivity contribution is 0.768. The lowest BCUT2D eigenvalue weighted by atomic mass is 9.97. The molecule has 0 aliphatic heterocycles. The zero-order chi connectivity index (χ0) is 25.9. The summed E-state index contributed by atoms with van der Waals surface area (Å²) in [4.78, 5) is 7.41. The predicted molar refractivity (Wildman–Crippen MR) is 154 cm³/mol. The van der Waals surface area contributed by atoms with Gasteiger partial charge in [0.1, 0.15) is 11.9 Å². The van der Waals surface area contributed by atoms with Crippen LogP contribution < -0.4 is 4.90 Å². The zero-order valence-corrected chi connectivity index (χ0v) is 21.4. The Kier molecular flexibility index (Phi) is 6.34. The molecule has 0 aliphatic rings. The smallest absolute Gasteiger partial charge is 0.157 e. The van der Waals surface area contributed by atoms with Crippen molar-refractivity contribution in [2.45, 2.75) is 26.4 Å². The number of imidazole rings is 1. The summed E-state index contributed by atoms with van der Waals surface area (Å²) in [7, 11) is 0. The summed E-state index contributed by atoms with van der Waals surface area (Å²) < 4.78 is 2.21. The van der Waals surface area contributed by atoms with Gasteiger partial charge in [0.2, 0.25) is 0 Å². The topological polar surface area (TPSA) is 44.3 Å². The molecule has 0 saturated heterocycles. The van der Waals surface area contributed by atoms with Gasteiger partial charge in [-0.1, -0.05) is 103 Å². The van der Waals surface area contributed by atoms with Crippen molar-refractivity contribution in [3.8, 4) is 6.07 Å². The number of benzene rings is 4. The summed E-state index contributed by atoms with van der Waals surface area (Å²) >= 11 is 0. The molecule has 0 saturated carbocycles. The molecule has 38 heavy (non-hydrogen) atoms. The van der Waals surface area contributed by atoms with Crippen molar-refractivity contribution in [2.24, 2.45) is 0 Å². The summed E-state index contributed by atoms with van der Waals surface area (Å²) in [5.74, 6) is 1.08. The Morgan fingerprint density at radius 2 is 1.24 bits per heavy atom. The lowest BCUT2D eigenvalue weighted by Crippen LogP contribution is -2.27. The zero-order valence-electron chi connectivity index (χ0n) is 21.4. The molecular formula is C34H28N4. The molecule has 0 bridgehead atoms. The molecule has 4 heteroatoms. The van der Waals surface area contributed by atoms with Crippen LogP contribution in [0.2, 0.25) is 0 Å². The van der Waals surface area contributed by atoms with Gasteiger partial charge in [-0.05, 0) is 41.3 Å². The van der Waals surface area contributed by atoms with Gasteiger partial charge in [0.05, 0.1) is 16.6 Å². The van der Waals surface area contributed by atoms with Crippen LogP contribution in [0.25, 0.3) is 16.7 Å². The predicted octanol–water partition coefficient (Wildman–Crippen LogP) is 7.47. The summed E-state index contributed by atoms with van der Waals surface area (Å²) in [6.45, 7) is 3.53. The molecule has 0 fully saturated rings. The highest BCUT2D eigenvalue weighted by Crippen LogP contribution is 2.36. The third-order valence-electron chi connectivity index (χ3n) is 7.16. The first-order valence-electron chi connectivity index (χ1n) is 12.9. The van der Waals surface area contributed by atoms with E-state index in [9.17, 15) is 5.26 Å². The first-order chi connectivity index (χ1) is 18.7. The Morgan fingerprint density at radius 1 is 0.711 bits per heavy atom. The van der Waals surface area contributed by atoms with Crippen LogP contribution in [0.5, 0.6) is 0 Å². The van der Waals surface area contributed by atoms with Crippen molar-refractivity contribution >= 4 is 22.5 Å². The van der Waals surface area contributed by atoms with Crippen molar-refractivity contribution in [3.05, 3.63) is 149 Å². The second kappa shape index (κ2) is 10.2. The minimum absolute atomic E-state index is 0.634. The van der Waals surface area contributed by atoms with E-state index in [1.54, 1.807) is 0 Å². The van der Waals surface area contributed by atoms with Gasteiger partial charge < -0.3 is 4.90 Å². The maximum Gasteiger partial charge on any atom is 0.157 e. The first kappa shape index (κ1) is 23.5. The highest BCUT2D eigenvalue weighted by atomic mass is 15.2. The lowest BCUT2D eigenvalue weighted by Gasteiger charge is -2.30. The molecule has 0 amide bonds. The number of nitrogens with zero attached hydrogens (tertiary/aromatic N) is 4. The molecule has 2 aromatic heterocycles. The van der Waals surface area contributed by atoms with Gasteiger partial charge in [0, 0.05) is 25.1 Å². The Morgan fingerprint density at radius 3 is 1.82 bits per heavy atom. The Labute approximate surface area is 223 Å². The average molecular weight is 493 g/mol. The van der Waals surface area contributed by atoms with Gasteiger partial charge in [-0.25, -0.2) is 4.98 Å². The standard InChI is InChI=1S/C34H28N4/c1-25-29(21-26-13-5-2-6-14-26)34(38-32-20-12-11-19-31(32)36-33(38)30(25)22-35)37(23-27-15-7-3-8-16-27)24-28-17-9-4-10-18-28/h2-20H,21,23-24H2,1H3. The van der Waals surface area contributed by atoms with Crippen molar-refractivity contribution in [2.75, 3.05) is 4.90 Å². The summed E-state index contributed by atoms with van der Waals surface area (Å²) in [5.41, 5.74) is 9.05. The monoisotopic (exact) mass is 492 g/mol. The third-order valence-corrected chi connectivity index (χ3v) is 7.16. The van der Waals surface area contributed by atoms with E-state index >= 15 is 0 Å². The van der Waals surface area contributed by atoms with Gasteiger partial charge in [0.15, 0.2) is 5.65 Å². The van der Waals surface area contributed by atoms with Crippen LogP contribution in [-0.4, -0.2) is 9.38 Å². The van der Waals surface area contributed by atoms with E-state index < -0.39 is 0 Å². The molecule has 0 aliphatic carbocycles.